The molecule has 0 aliphatic carbocycles. The summed E-state index contributed by atoms with van der Waals surface area (Å²) in [6, 6.07) is 21.8. The van der Waals surface area contributed by atoms with Gasteiger partial charge in [0, 0.05) is 16.8 Å². The molecule has 4 heteroatoms. The number of hydrogen-bond donors (Lipinski definition) is 1. The Morgan fingerprint density at radius 3 is 2.48 bits per heavy atom. The first-order valence-electron chi connectivity index (χ1n) is 7.07. The lowest BCUT2D eigenvalue weighted by Crippen LogP contribution is -1.86. The number of halogens is 1. The van der Waals surface area contributed by atoms with Gasteiger partial charge in [-0.15, -0.1) is 0 Å². The Kier molecular flexibility index (Phi) is 4.60. The summed E-state index contributed by atoms with van der Waals surface area (Å²) in [5.41, 5.74) is 1.21. The molecule has 0 aliphatic rings. The topological polar surface area (TPSA) is 41.8 Å². The van der Waals surface area contributed by atoms with E-state index in [0.717, 1.165) is 5.75 Å². The molecule has 3 nitrogen and oxygen atoms in total. The lowest BCUT2D eigenvalue weighted by molar-refractivity contribution is 0.474. The van der Waals surface area contributed by atoms with Crippen molar-refractivity contribution >= 4 is 23.5 Å². The number of rotatable bonds is 4. The van der Waals surface area contributed by atoms with Crippen molar-refractivity contribution in [3.05, 3.63) is 83.4 Å². The van der Waals surface area contributed by atoms with Gasteiger partial charge in [-0.05, 0) is 42.5 Å². The molecule has 0 bridgehead atoms. The van der Waals surface area contributed by atoms with Gasteiger partial charge in [0.05, 0.1) is 0 Å². The Morgan fingerprint density at radius 2 is 1.65 bits per heavy atom. The Labute approximate surface area is 139 Å². The third-order valence-electron chi connectivity index (χ3n) is 3.17. The van der Waals surface area contributed by atoms with Gasteiger partial charge in [-0.25, -0.2) is 0 Å². The number of ether oxygens (including phenoxy) is 1. The SMILES string of the molecule is Oc1ccc(Cl)cc1C=Nc1ccccc1Oc1ccccc1. The van der Waals surface area contributed by atoms with Crippen molar-refractivity contribution in [3.8, 4) is 17.2 Å². The minimum atomic E-state index is 0.125. The van der Waals surface area contributed by atoms with Crippen molar-refractivity contribution in [2.24, 2.45) is 4.99 Å². The Hall–Kier alpha value is -2.78. The summed E-state index contributed by atoms with van der Waals surface area (Å²) < 4.78 is 5.85. The van der Waals surface area contributed by atoms with Gasteiger partial charge in [-0.3, -0.25) is 4.99 Å². The molecule has 3 aromatic carbocycles. The molecule has 0 spiro atoms. The lowest BCUT2D eigenvalue weighted by atomic mass is 10.2. The summed E-state index contributed by atoms with van der Waals surface area (Å²) in [6.45, 7) is 0. The molecular formula is C19H14ClNO2. The molecule has 0 aromatic heterocycles. The summed E-state index contributed by atoms with van der Waals surface area (Å²) in [6.07, 6.45) is 1.56. The number of phenols is 1. The third-order valence-corrected chi connectivity index (χ3v) is 3.40. The average molecular weight is 324 g/mol. The van der Waals surface area contributed by atoms with Crippen LogP contribution in [0, 0.1) is 0 Å². The monoisotopic (exact) mass is 323 g/mol. The first kappa shape index (κ1) is 15.1. The maximum absolute atomic E-state index is 9.84. The Morgan fingerprint density at radius 1 is 0.913 bits per heavy atom. The fraction of sp³-hybridized carbons (Fsp3) is 0. The van der Waals surface area contributed by atoms with Gasteiger partial charge in [0.1, 0.15) is 17.2 Å². The first-order chi connectivity index (χ1) is 11.2. The van der Waals surface area contributed by atoms with E-state index in [1.54, 1.807) is 18.3 Å². The van der Waals surface area contributed by atoms with Crippen LogP contribution in [0.4, 0.5) is 5.69 Å². The van der Waals surface area contributed by atoms with Gasteiger partial charge in [-0.1, -0.05) is 41.9 Å². The minimum absolute atomic E-state index is 0.125. The summed E-state index contributed by atoms with van der Waals surface area (Å²) >= 11 is 5.94. The summed E-state index contributed by atoms with van der Waals surface area (Å²) in [5.74, 6) is 1.50. The van der Waals surface area contributed by atoms with Crippen molar-refractivity contribution in [1.29, 1.82) is 0 Å². The van der Waals surface area contributed by atoms with Crippen molar-refractivity contribution < 1.29 is 9.84 Å². The zero-order valence-corrected chi connectivity index (χ0v) is 12.9. The zero-order valence-electron chi connectivity index (χ0n) is 12.2. The molecule has 0 fully saturated rings. The van der Waals surface area contributed by atoms with E-state index in [1.807, 2.05) is 54.6 Å². The fourth-order valence-electron chi connectivity index (χ4n) is 2.03. The lowest BCUT2D eigenvalue weighted by Gasteiger charge is -2.08. The van der Waals surface area contributed by atoms with Gasteiger partial charge in [0.15, 0.2) is 5.75 Å². The standard InChI is InChI=1S/C19H14ClNO2/c20-15-10-11-18(22)14(12-15)13-21-17-8-4-5-9-19(17)23-16-6-2-1-3-7-16/h1-13,22H. The largest absolute Gasteiger partial charge is 0.507 e. The molecule has 0 aliphatic heterocycles. The number of nitrogens with zero attached hydrogens (tertiary/aromatic N) is 1. The molecule has 0 amide bonds. The van der Waals surface area contributed by atoms with E-state index in [9.17, 15) is 5.11 Å². The van der Waals surface area contributed by atoms with E-state index in [1.165, 1.54) is 6.07 Å². The molecule has 0 radical (unpaired) electrons. The fourth-order valence-corrected chi connectivity index (χ4v) is 2.21. The third kappa shape index (κ3) is 3.90. The van der Waals surface area contributed by atoms with Crippen LogP contribution < -0.4 is 4.74 Å². The number of benzene rings is 3. The number of para-hydroxylation sites is 3. The maximum Gasteiger partial charge on any atom is 0.153 e. The number of aliphatic imine (C=N–C) groups is 1. The van der Waals surface area contributed by atoms with Crippen LogP contribution in [0.3, 0.4) is 0 Å². The highest BCUT2D eigenvalue weighted by Crippen LogP contribution is 2.31. The van der Waals surface area contributed by atoms with E-state index < -0.39 is 0 Å². The molecule has 3 aromatic rings. The van der Waals surface area contributed by atoms with Crippen molar-refractivity contribution in [1.82, 2.24) is 0 Å². The van der Waals surface area contributed by atoms with Gasteiger partial charge >= 0.3 is 0 Å². The van der Waals surface area contributed by atoms with E-state index in [0.29, 0.717) is 22.0 Å². The molecule has 0 heterocycles. The predicted molar refractivity (Wildman–Crippen MR) is 93.3 cm³/mol. The Bertz CT molecular complexity index is 832. The summed E-state index contributed by atoms with van der Waals surface area (Å²) in [4.78, 5) is 4.41. The summed E-state index contributed by atoms with van der Waals surface area (Å²) in [7, 11) is 0. The summed E-state index contributed by atoms with van der Waals surface area (Å²) in [5, 5.41) is 10.4. The van der Waals surface area contributed by atoms with E-state index in [4.69, 9.17) is 16.3 Å². The van der Waals surface area contributed by atoms with Crippen LogP contribution in [0.25, 0.3) is 0 Å². The molecular weight excluding hydrogens is 310 g/mol. The van der Waals surface area contributed by atoms with Gasteiger partial charge in [-0.2, -0.15) is 0 Å². The van der Waals surface area contributed by atoms with E-state index in [2.05, 4.69) is 4.99 Å². The molecule has 1 N–H and O–H groups in total. The molecule has 0 atom stereocenters. The molecule has 0 saturated carbocycles. The second-order valence-electron chi connectivity index (χ2n) is 4.84. The number of aromatic hydroxyl groups is 1. The smallest absolute Gasteiger partial charge is 0.153 e. The quantitative estimate of drug-likeness (QED) is 0.636. The molecule has 23 heavy (non-hydrogen) atoms. The second-order valence-corrected chi connectivity index (χ2v) is 5.28. The van der Waals surface area contributed by atoms with Crippen molar-refractivity contribution in [2.45, 2.75) is 0 Å². The number of phenolic OH excluding ortho intramolecular Hbond substituents is 1. The van der Waals surface area contributed by atoms with Crippen LogP contribution in [-0.2, 0) is 0 Å². The average Bonchev–Trinajstić information content (AvgIpc) is 2.58. The van der Waals surface area contributed by atoms with Gasteiger partial charge < -0.3 is 9.84 Å². The molecule has 0 unspecified atom stereocenters. The van der Waals surface area contributed by atoms with Crippen LogP contribution in [0.1, 0.15) is 5.56 Å². The highest BCUT2D eigenvalue weighted by atomic mass is 35.5. The van der Waals surface area contributed by atoms with Crippen LogP contribution in [0.5, 0.6) is 17.2 Å². The molecule has 0 saturated heterocycles. The normalized spacial score (nSPS) is 10.8. The molecule has 114 valence electrons. The maximum atomic E-state index is 9.84. The van der Waals surface area contributed by atoms with Crippen molar-refractivity contribution in [3.63, 3.8) is 0 Å². The first-order valence-corrected chi connectivity index (χ1v) is 7.45. The number of hydrogen-bond acceptors (Lipinski definition) is 3. The molecule has 3 rings (SSSR count). The van der Waals surface area contributed by atoms with Crippen LogP contribution in [0.15, 0.2) is 77.8 Å². The van der Waals surface area contributed by atoms with E-state index >= 15 is 0 Å². The minimum Gasteiger partial charge on any atom is -0.507 e. The highest BCUT2D eigenvalue weighted by molar-refractivity contribution is 6.30. The predicted octanol–water partition coefficient (Wildman–Crippen LogP) is 5.59. The van der Waals surface area contributed by atoms with Gasteiger partial charge in [0.25, 0.3) is 0 Å². The highest BCUT2D eigenvalue weighted by Gasteiger charge is 2.04. The zero-order chi connectivity index (χ0) is 16.1. The van der Waals surface area contributed by atoms with Gasteiger partial charge in [0.2, 0.25) is 0 Å². The van der Waals surface area contributed by atoms with Crippen LogP contribution in [0.2, 0.25) is 5.02 Å². The van der Waals surface area contributed by atoms with Crippen LogP contribution >= 0.6 is 11.6 Å². The van der Waals surface area contributed by atoms with Crippen molar-refractivity contribution in [2.75, 3.05) is 0 Å². The van der Waals surface area contributed by atoms with Crippen LogP contribution in [-0.4, -0.2) is 11.3 Å². The second kappa shape index (κ2) is 6.99. The Balaban J connectivity index is 1.88. The van der Waals surface area contributed by atoms with E-state index in [-0.39, 0.29) is 5.75 Å².